The summed E-state index contributed by atoms with van der Waals surface area (Å²) in [4.78, 5) is 16.3. The molecule has 2 aromatic rings. The molecule has 1 aromatic heterocycles. The predicted molar refractivity (Wildman–Crippen MR) is 87.1 cm³/mol. The zero-order valence-electron chi connectivity index (χ0n) is 12.5. The maximum absolute atomic E-state index is 12.1. The first-order chi connectivity index (χ1) is 10.8. The monoisotopic (exact) mass is 297 g/mol. The smallest absolute Gasteiger partial charge is 0.255 e. The highest BCUT2D eigenvalue weighted by Gasteiger charge is 2.11. The van der Waals surface area contributed by atoms with Crippen LogP contribution in [0.3, 0.4) is 0 Å². The second-order valence-corrected chi connectivity index (χ2v) is 4.56. The average Bonchev–Trinajstić information content (AvgIpc) is 2.58. The molecule has 0 saturated heterocycles. The van der Waals surface area contributed by atoms with Gasteiger partial charge in [-0.05, 0) is 18.2 Å². The number of pyridine rings is 1. The summed E-state index contributed by atoms with van der Waals surface area (Å²) in [5.74, 6) is 1.15. The molecule has 0 aliphatic rings. The van der Waals surface area contributed by atoms with Gasteiger partial charge < -0.3 is 15.4 Å². The molecule has 0 saturated carbocycles. The Morgan fingerprint density at radius 2 is 2.14 bits per heavy atom. The van der Waals surface area contributed by atoms with Crippen molar-refractivity contribution in [3.05, 3.63) is 66.4 Å². The Hall–Kier alpha value is -2.82. The Labute approximate surface area is 130 Å². The first-order valence-corrected chi connectivity index (χ1v) is 6.96. The van der Waals surface area contributed by atoms with Crippen molar-refractivity contribution in [2.75, 3.05) is 19.0 Å². The van der Waals surface area contributed by atoms with Crippen LogP contribution in [0.5, 0.6) is 5.75 Å². The fourth-order valence-electron chi connectivity index (χ4n) is 2.02. The molecule has 0 radical (unpaired) electrons. The van der Waals surface area contributed by atoms with E-state index in [1.165, 1.54) is 0 Å². The van der Waals surface area contributed by atoms with Crippen LogP contribution in [-0.2, 0) is 6.54 Å². The third-order valence-corrected chi connectivity index (χ3v) is 3.10. The third kappa shape index (κ3) is 3.85. The number of aromatic nitrogens is 1. The number of carbonyl (C=O) groups is 1. The van der Waals surface area contributed by atoms with Gasteiger partial charge in [-0.2, -0.15) is 0 Å². The van der Waals surface area contributed by atoms with E-state index in [-0.39, 0.29) is 5.91 Å². The normalized spacial score (nSPS) is 9.86. The summed E-state index contributed by atoms with van der Waals surface area (Å²) in [6, 6.07) is 11.2. The Balaban J connectivity index is 2.13. The Morgan fingerprint density at radius 1 is 1.32 bits per heavy atom. The number of hydrogen-bond acceptors (Lipinski definition) is 4. The van der Waals surface area contributed by atoms with Crippen LogP contribution in [0.25, 0.3) is 0 Å². The number of amides is 1. The fraction of sp³-hybridized carbons (Fsp3) is 0.176. The van der Waals surface area contributed by atoms with Crippen molar-refractivity contribution in [1.82, 2.24) is 10.3 Å². The zero-order valence-corrected chi connectivity index (χ0v) is 12.5. The van der Waals surface area contributed by atoms with Gasteiger partial charge in [0.05, 0.1) is 12.7 Å². The van der Waals surface area contributed by atoms with E-state index in [2.05, 4.69) is 22.2 Å². The van der Waals surface area contributed by atoms with Gasteiger partial charge >= 0.3 is 0 Å². The lowest BCUT2D eigenvalue weighted by Crippen LogP contribution is -2.24. The van der Waals surface area contributed by atoms with Crippen molar-refractivity contribution in [2.24, 2.45) is 0 Å². The largest absolute Gasteiger partial charge is 0.496 e. The molecule has 5 heteroatoms. The summed E-state index contributed by atoms with van der Waals surface area (Å²) >= 11 is 0. The lowest BCUT2D eigenvalue weighted by Gasteiger charge is -2.12. The Morgan fingerprint density at radius 3 is 2.91 bits per heavy atom. The molecule has 1 heterocycles. The van der Waals surface area contributed by atoms with Crippen LogP contribution in [0.15, 0.2) is 55.3 Å². The van der Waals surface area contributed by atoms with Crippen LogP contribution in [0.1, 0.15) is 15.9 Å². The highest BCUT2D eigenvalue weighted by molar-refractivity contribution is 5.98. The van der Waals surface area contributed by atoms with Gasteiger partial charge in [0, 0.05) is 24.8 Å². The molecule has 114 valence electrons. The second-order valence-electron chi connectivity index (χ2n) is 4.56. The van der Waals surface area contributed by atoms with Crippen LogP contribution < -0.4 is 15.4 Å². The molecular weight excluding hydrogens is 278 g/mol. The number of nitrogens with one attached hydrogen (secondary N) is 2. The Kier molecular flexibility index (Phi) is 5.54. The molecule has 0 unspecified atom stereocenters. The van der Waals surface area contributed by atoms with Gasteiger partial charge in [0.15, 0.2) is 0 Å². The van der Waals surface area contributed by atoms with Crippen molar-refractivity contribution >= 4 is 11.7 Å². The molecule has 0 aliphatic carbocycles. The number of benzene rings is 1. The molecule has 22 heavy (non-hydrogen) atoms. The summed E-state index contributed by atoms with van der Waals surface area (Å²) < 4.78 is 5.31. The molecule has 0 aliphatic heterocycles. The minimum Gasteiger partial charge on any atom is -0.496 e. The molecular formula is C17H19N3O2. The van der Waals surface area contributed by atoms with Crippen molar-refractivity contribution in [2.45, 2.75) is 6.54 Å². The molecule has 1 amide bonds. The van der Waals surface area contributed by atoms with Gasteiger partial charge in [-0.1, -0.05) is 24.3 Å². The molecule has 5 nitrogen and oxygen atoms in total. The summed E-state index contributed by atoms with van der Waals surface area (Å²) in [5.41, 5.74) is 1.49. The van der Waals surface area contributed by atoms with Crippen molar-refractivity contribution < 1.29 is 9.53 Å². The minimum atomic E-state index is -0.185. The first kappa shape index (κ1) is 15.6. The molecule has 0 fully saturated rings. The summed E-state index contributed by atoms with van der Waals surface area (Å²) in [6.45, 7) is 4.52. The number of methoxy groups -OCH3 is 1. The fourth-order valence-corrected chi connectivity index (χ4v) is 2.02. The SMILES string of the molecule is C=CCNC(=O)c1cccnc1NCc1ccccc1OC. The van der Waals surface area contributed by atoms with E-state index in [1.54, 1.807) is 31.5 Å². The quantitative estimate of drug-likeness (QED) is 0.771. The van der Waals surface area contributed by atoms with Crippen LogP contribution >= 0.6 is 0 Å². The van der Waals surface area contributed by atoms with Gasteiger partial charge in [-0.15, -0.1) is 6.58 Å². The second kappa shape index (κ2) is 7.83. The van der Waals surface area contributed by atoms with Gasteiger partial charge in [-0.25, -0.2) is 4.98 Å². The lowest BCUT2D eigenvalue weighted by atomic mass is 10.2. The van der Waals surface area contributed by atoms with Gasteiger partial charge in [0.25, 0.3) is 5.91 Å². The van der Waals surface area contributed by atoms with E-state index < -0.39 is 0 Å². The van der Waals surface area contributed by atoms with Gasteiger partial charge in [-0.3, -0.25) is 4.79 Å². The summed E-state index contributed by atoms with van der Waals surface area (Å²) in [6.07, 6.45) is 3.28. The zero-order chi connectivity index (χ0) is 15.8. The number of anilines is 1. The topological polar surface area (TPSA) is 63.2 Å². The maximum Gasteiger partial charge on any atom is 0.255 e. The van der Waals surface area contributed by atoms with Crippen molar-refractivity contribution in [3.8, 4) is 5.75 Å². The lowest BCUT2D eigenvalue weighted by molar-refractivity contribution is 0.0958. The van der Waals surface area contributed by atoms with Crippen LogP contribution in [0.2, 0.25) is 0 Å². The highest BCUT2D eigenvalue weighted by atomic mass is 16.5. The number of nitrogens with zero attached hydrogens (tertiary/aromatic N) is 1. The van der Waals surface area contributed by atoms with Crippen molar-refractivity contribution in [3.63, 3.8) is 0 Å². The minimum absolute atomic E-state index is 0.185. The van der Waals surface area contributed by atoms with E-state index in [9.17, 15) is 4.79 Å². The van der Waals surface area contributed by atoms with E-state index in [4.69, 9.17) is 4.74 Å². The van der Waals surface area contributed by atoms with Crippen LogP contribution in [0, 0.1) is 0 Å². The number of para-hydroxylation sites is 1. The first-order valence-electron chi connectivity index (χ1n) is 6.96. The van der Waals surface area contributed by atoms with Gasteiger partial charge in [0.1, 0.15) is 11.6 Å². The average molecular weight is 297 g/mol. The third-order valence-electron chi connectivity index (χ3n) is 3.10. The molecule has 1 aromatic carbocycles. The number of carbonyl (C=O) groups excluding carboxylic acids is 1. The molecule has 0 atom stereocenters. The van der Waals surface area contributed by atoms with Crippen LogP contribution in [-0.4, -0.2) is 24.5 Å². The van der Waals surface area contributed by atoms with E-state index >= 15 is 0 Å². The van der Waals surface area contributed by atoms with Gasteiger partial charge in [0.2, 0.25) is 0 Å². The molecule has 0 bridgehead atoms. The summed E-state index contributed by atoms with van der Waals surface area (Å²) in [7, 11) is 1.63. The van der Waals surface area contributed by atoms with E-state index in [0.717, 1.165) is 11.3 Å². The highest BCUT2D eigenvalue weighted by Crippen LogP contribution is 2.19. The number of hydrogen-bond donors (Lipinski definition) is 2. The van der Waals surface area contributed by atoms with Crippen LogP contribution in [0.4, 0.5) is 5.82 Å². The summed E-state index contributed by atoms with van der Waals surface area (Å²) in [5, 5.41) is 5.93. The van der Waals surface area contributed by atoms with E-state index in [0.29, 0.717) is 24.5 Å². The number of rotatable bonds is 7. The molecule has 0 spiro atoms. The number of ether oxygens (including phenoxy) is 1. The standard InChI is InChI=1S/C17H19N3O2/c1-3-10-19-17(21)14-8-6-11-18-16(14)20-12-13-7-4-5-9-15(13)22-2/h3-9,11H,1,10,12H2,2H3,(H,18,20)(H,19,21). The maximum atomic E-state index is 12.1. The molecule has 2 rings (SSSR count). The Bertz CT molecular complexity index is 656. The van der Waals surface area contributed by atoms with Crippen molar-refractivity contribution in [1.29, 1.82) is 0 Å². The van der Waals surface area contributed by atoms with E-state index in [1.807, 2.05) is 24.3 Å². The predicted octanol–water partition coefficient (Wildman–Crippen LogP) is 2.62. The molecule has 2 N–H and O–H groups in total.